The maximum Gasteiger partial charge on any atom is 0.334 e. The van der Waals surface area contributed by atoms with Crippen molar-refractivity contribution < 1.29 is 19.2 Å². The lowest BCUT2D eigenvalue weighted by Gasteiger charge is -2.32. The maximum absolute atomic E-state index is 12.9. The van der Waals surface area contributed by atoms with Gasteiger partial charge in [0.25, 0.3) is 0 Å². The van der Waals surface area contributed by atoms with Gasteiger partial charge >= 0.3 is 17.8 Å². The first-order chi connectivity index (χ1) is 13.8. The number of carbonyl (C=O) groups excluding carboxylic acids is 4. The zero-order valence-electron chi connectivity index (χ0n) is 17.1. The molecule has 5 amide bonds. The second kappa shape index (κ2) is 7.28. The molecule has 1 N–H and O–H groups in total. The summed E-state index contributed by atoms with van der Waals surface area (Å²) in [5.74, 6) is -0.784. The number of aryl methyl sites for hydroxylation is 2. The Labute approximate surface area is 170 Å². The van der Waals surface area contributed by atoms with Gasteiger partial charge in [-0.05, 0) is 69.4 Å². The third-order valence-corrected chi connectivity index (χ3v) is 6.86. The minimum atomic E-state index is -0.916. The lowest BCUT2D eigenvalue weighted by atomic mass is 9.83. The van der Waals surface area contributed by atoms with E-state index in [9.17, 15) is 19.2 Å². The van der Waals surface area contributed by atoms with Gasteiger partial charge in [-0.2, -0.15) is 0 Å². The Hall–Kier alpha value is -2.70. The molecule has 4 unspecified atom stereocenters. The van der Waals surface area contributed by atoms with Crippen LogP contribution in [0.5, 0.6) is 0 Å². The summed E-state index contributed by atoms with van der Waals surface area (Å²) in [6.45, 7) is 5.22. The van der Waals surface area contributed by atoms with E-state index < -0.39 is 30.3 Å². The fourth-order valence-electron chi connectivity index (χ4n) is 5.38. The van der Waals surface area contributed by atoms with E-state index in [4.69, 9.17) is 0 Å². The summed E-state index contributed by atoms with van der Waals surface area (Å²) in [6.07, 6.45) is 4.51. The number of hydrogen-bond acceptors (Lipinski definition) is 4. The standard InChI is InChI=1S/C22H27N3O4/c1-12-4-7-18(13(2)8-12)23-19(26)11-24-20(27)21(28)25(22(24)29)14(3)17-10-15-5-6-16(17)9-15/h4,7-8,14-17H,5-6,9-11H2,1-3H3,(H,23,26). The molecule has 2 saturated carbocycles. The summed E-state index contributed by atoms with van der Waals surface area (Å²) in [4.78, 5) is 52.1. The molecule has 3 fully saturated rings. The zero-order valence-corrected chi connectivity index (χ0v) is 17.1. The molecule has 1 aromatic rings. The van der Waals surface area contributed by atoms with Crippen molar-refractivity contribution in [2.75, 3.05) is 11.9 Å². The fourth-order valence-corrected chi connectivity index (χ4v) is 5.38. The van der Waals surface area contributed by atoms with E-state index in [0.29, 0.717) is 17.5 Å². The van der Waals surface area contributed by atoms with E-state index >= 15 is 0 Å². The molecule has 0 radical (unpaired) electrons. The van der Waals surface area contributed by atoms with E-state index in [-0.39, 0.29) is 12.0 Å². The van der Waals surface area contributed by atoms with E-state index in [1.54, 1.807) is 6.07 Å². The lowest BCUT2D eigenvalue weighted by molar-refractivity contribution is -0.144. The molecule has 0 aromatic heterocycles. The highest BCUT2D eigenvalue weighted by atomic mass is 16.2. The maximum atomic E-state index is 12.9. The normalized spacial score (nSPS) is 27.1. The predicted octanol–water partition coefficient (Wildman–Crippen LogP) is 2.86. The number of carbonyl (C=O) groups is 4. The number of urea groups is 1. The molecule has 0 spiro atoms. The van der Waals surface area contributed by atoms with Crippen molar-refractivity contribution in [2.45, 2.75) is 52.5 Å². The SMILES string of the molecule is Cc1ccc(NC(=O)CN2C(=O)C(=O)N(C(C)C3CC4CCC3C4)C2=O)c(C)c1. The summed E-state index contributed by atoms with van der Waals surface area (Å²) < 4.78 is 0. The van der Waals surface area contributed by atoms with Gasteiger partial charge in [0.15, 0.2) is 0 Å². The Balaban J connectivity index is 1.44. The first-order valence-corrected chi connectivity index (χ1v) is 10.3. The fraction of sp³-hybridized carbons (Fsp3) is 0.545. The number of nitrogens with one attached hydrogen (secondary N) is 1. The Kier molecular flexibility index (Phi) is 4.92. The molecule has 1 aromatic carbocycles. The molecule has 1 heterocycles. The van der Waals surface area contributed by atoms with Crippen LogP contribution < -0.4 is 5.32 Å². The van der Waals surface area contributed by atoms with Crippen LogP contribution in [0.15, 0.2) is 18.2 Å². The number of nitrogens with zero attached hydrogens (tertiary/aromatic N) is 2. The number of benzene rings is 1. The molecule has 154 valence electrons. The lowest BCUT2D eigenvalue weighted by Crippen LogP contribution is -2.45. The molecule has 3 aliphatic rings. The first-order valence-electron chi connectivity index (χ1n) is 10.3. The highest BCUT2D eigenvalue weighted by Gasteiger charge is 2.52. The molecular formula is C22H27N3O4. The molecule has 2 aliphatic carbocycles. The summed E-state index contributed by atoms with van der Waals surface area (Å²) >= 11 is 0. The van der Waals surface area contributed by atoms with Crippen LogP contribution in [0.25, 0.3) is 0 Å². The molecule has 4 atom stereocenters. The monoisotopic (exact) mass is 397 g/mol. The largest absolute Gasteiger partial charge is 0.334 e. The van der Waals surface area contributed by atoms with Crippen molar-refractivity contribution in [1.82, 2.24) is 9.80 Å². The second-order valence-electron chi connectivity index (χ2n) is 8.79. The summed E-state index contributed by atoms with van der Waals surface area (Å²) in [5.41, 5.74) is 2.58. The second-order valence-corrected chi connectivity index (χ2v) is 8.79. The highest BCUT2D eigenvalue weighted by molar-refractivity contribution is 6.45. The number of amides is 5. The van der Waals surface area contributed by atoms with Gasteiger partial charge in [-0.1, -0.05) is 24.1 Å². The van der Waals surface area contributed by atoms with Crippen molar-refractivity contribution in [3.8, 4) is 0 Å². The minimum Gasteiger partial charge on any atom is -0.324 e. The number of imide groups is 2. The quantitative estimate of drug-likeness (QED) is 0.611. The van der Waals surface area contributed by atoms with Crippen LogP contribution >= 0.6 is 0 Å². The minimum absolute atomic E-state index is 0.249. The number of anilines is 1. The van der Waals surface area contributed by atoms with Crippen molar-refractivity contribution >= 4 is 29.4 Å². The molecule has 29 heavy (non-hydrogen) atoms. The van der Waals surface area contributed by atoms with Crippen molar-refractivity contribution in [3.63, 3.8) is 0 Å². The molecule has 1 saturated heterocycles. The average Bonchev–Trinajstić information content (AvgIpc) is 3.35. The molecule has 2 bridgehead atoms. The first kappa shape index (κ1) is 19.6. The molecule has 4 rings (SSSR count). The average molecular weight is 397 g/mol. The zero-order chi connectivity index (χ0) is 20.9. The Morgan fingerprint density at radius 1 is 1.14 bits per heavy atom. The Bertz CT molecular complexity index is 896. The molecule has 7 heteroatoms. The third-order valence-electron chi connectivity index (χ3n) is 6.86. The van der Waals surface area contributed by atoms with Gasteiger partial charge < -0.3 is 5.32 Å². The van der Waals surface area contributed by atoms with Crippen molar-refractivity contribution in [1.29, 1.82) is 0 Å². The Morgan fingerprint density at radius 3 is 2.52 bits per heavy atom. The predicted molar refractivity (Wildman–Crippen MR) is 107 cm³/mol. The van der Waals surface area contributed by atoms with Crippen LogP contribution in [-0.4, -0.2) is 46.1 Å². The summed E-state index contributed by atoms with van der Waals surface area (Å²) in [5, 5.41) is 2.73. The highest BCUT2D eigenvalue weighted by Crippen LogP contribution is 2.50. The van der Waals surface area contributed by atoms with Crippen LogP contribution in [0.2, 0.25) is 0 Å². The van der Waals surface area contributed by atoms with Crippen molar-refractivity contribution in [2.24, 2.45) is 17.8 Å². The van der Waals surface area contributed by atoms with Crippen LogP contribution in [0.4, 0.5) is 10.5 Å². The van der Waals surface area contributed by atoms with E-state index in [2.05, 4.69) is 5.32 Å². The van der Waals surface area contributed by atoms with Gasteiger partial charge in [0.2, 0.25) is 5.91 Å². The number of rotatable bonds is 5. The van der Waals surface area contributed by atoms with Gasteiger partial charge in [0.05, 0.1) is 0 Å². The van der Waals surface area contributed by atoms with Gasteiger partial charge in [-0.25, -0.2) is 9.69 Å². The van der Waals surface area contributed by atoms with Gasteiger partial charge in [-0.3, -0.25) is 19.3 Å². The molecule has 1 aliphatic heterocycles. The molecular weight excluding hydrogens is 370 g/mol. The van der Waals surface area contributed by atoms with E-state index in [1.165, 1.54) is 6.42 Å². The Morgan fingerprint density at radius 2 is 1.90 bits per heavy atom. The number of hydrogen-bond donors (Lipinski definition) is 1. The van der Waals surface area contributed by atoms with Gasteiger partial charge in [0.1, 0.15) is 6.54 Å². The van der Waals surface area contributed by atoms with Crippen LogP contribution in [0, 0.1) is 31.6 Å². The van der Waals surface area contributed by atoms with Crippen molar-refractivity contribution in [3.05, 3.63) is 29.3 Å². The van der Waals surface area contributed by atoms with E-state index in [0.717, 1.165) is 40.2 Å². The van der Waals surface area contributed by atoms with E-state index in [1.807, 2.05) is 32.9 Å². The van der Waals surface area contributed by atoms with Crippen LogP contribution in [0.3, 0.4) is 0 Å². The smallest absolute Gasteiger partial charge is 0.324 e. The van der Waals surface area contributed by atoms with Gasteiger partial charge in [0, 0.05) is 11.7 Å². The third kappa shape index (κ3) is 3.43. The van der Waals surface area contributed by atoms with Crippen LogP contribution in [0.1, 0.15) is 43.7 Å². The summed E-state index contributed by atoms with van der Waals surface area (Å²) in [7, 11) is 0. The topological polar surface area (TPSA) is 86.8 Å². The summed E-state index contributed by atoms with van der Waals surface area (Å²) in [6, 6.07) is 4.60. The van der Waals surface area contributed by atoms with Gasteiger partial charge in [-0.15, -0.1) is 0 Å². The number of fused-ring (bicyclic) bond motifs is 2. The van der Waals surface area contributed by atoms with Crippen LogP contribution in [-0.2, 0) is 14.4 Å². The molecule has 7 nitrogen and oxygen atoms in total.